The molecule has 0 spiro atoms. The molecule has 33 heavy (non-hydrogen) atoms. The van der Waals surface area contributed by atoms with Crippen LogP contribution in [0.1, 0.15) is 44.2 Å². The number of amides is 2. The second-order valence-corrected chi connectivity index (χ2v) is 7.31. The number of fused-ring (bicyclic) bond motifs is 1. The van der Waals surface area contributed by atoms with E-state index in [1.807, 2.05) is 0 Å². The maximum Gasteiger partial charge on any atom is 0.416 e. The highest BCUT2D eigenvalue weighted by atomic mass is 19.4. The molecule has 2 heterocycles. The molecular formula is C22H16F3N3O5. The fourth-order valence-corrected chi connectivity index (χ4v) is 3.29. The zero-order valence-corrected chi connectivity index (χ0v) is 17.2. The Labute approximate surface area is 184 Å². The Morgan fingerprint density at radius 3 is 2.61 bits per heavy atom. The Balaban J connectivity index is 1.32. The van der Waals surface area contributed by atoms with Gasteiger partial charge in [-0.05, 0) is 31.2 Å². The molecule has 0 aliphatic carbocycles. The molecule has 1 aromatic heterocycles. The van der Waals surface area contributed by atoms with Crippen molar-refractivity contribution >= 4 is 17.8 Å². The number of rotatable bonds is 6. The van der Waals surface area contributed by atoms with E-state index in [1.54, 1.807) is 25.1 Å². The lowest BCUT2D eigenvalue weighted by atomic mass is 10.1. The number of aromatic nitrogens is 2. The van der Waals surface area contributed by atoms with Gasteiger partial charge < -0.3 is 9.26 Å². The number of alkyl halides is 3. The van der Waals surface area contributed by atoms with Gasteiger partial charge in [0.25, 0.3) is 17.7 Å². The molecule has 0 saturated carbocycles. The molecule has 0 saturated heterocycles. The number of carbonyl (C=O) groups is 3. The Morgan fingerprint density at radius 1 is 1.09 bits per heavy atom. The topological polar surface area (TPSA) is 103 Å². The average Bonchev–Trinajstić information content (AvgIpc) is 3.34. The third-order valence-electron chi connectivity index (χ3n) is 4.94. The van der Waals surface area contributed by atoms with Crippen molar-refractivity contribution in [3.8, 4) is 11.4 Å². The number of hydrogen-bond acceptors (Lipinski definition) is 7. The molecule has 1 aliphatic heterocycles. The Bertz CT molecular complexity index is 1250. The smallest absolute Gasteiger partial charge is 0.416 e. The first-order chi connectivity index (χ1) is 15.6. The van der Waals surface area contributed by atoms with Gasteiger partial charge in [0, 0.05) is 12.1 Å². The van der Waals surface area contributed by atoms with E-state index in [1.165, 1.54) is 12.1 Å². The predicted molar refractivity (Wildman–Crippen MR) is 106 cm³/mol. The van der Waals surface area contributed by atoms with Gasteiger partial charge in [-0.3, -0.25) is 19.3 Å². The molecule has 0 atom stereocenters. The summed E-state index contributed by atoms with van der Waals surface area (Å²) in [6.07, 6.45) is -4.77. The van der Waals surface area contributed by atoms with E-state index in [2.05, 4.69) is 10.1 Å². The lowest BCUT2D eigenvalue weighted by Gasteiger charge is -2.12. The van der Waals surface area contributed by atoms with Gasteiger partial charge in [0.1, 0.15) is 0 Å². The highest BCUT2D eigenvalue weighted by molar-refractivity contribution is 6.21. The number of halogens is 3. The van der Waals surface area contributed by atoms with Crippen molar-refractivity contribution in [2.75, 3.05) is 6.54 Å². The van der Waals surface area contributed by atoms with Gasteiger partial charge in [-0.2, -0.15) is 18.2 Å². The summed E-state index contributed by atoms with van der Waals surface area (Å²) in [5, 5.41) is 3.60. The summed E-state index contributed by atoms with van der Waals surface area (Å²) in [6, 6.07) is 9.31. The summed E-state index contributed by atoms with van der Waals surface area (Å²) in [5.41, 5.74) is 0.640. The first kappa shape index (κ1) is 22.2. The molecule has 11 heteroatoms. The van der Waals surface area contributed by atoms with Gasteiger partial charge in [0.2, 0.25) is 5.82 Å². The molecule has 0 bridgehead atoms. The molecule has 2 aromatic carbocycles. The van der Waals surface area contributed by atoms with Gasteiger partial charge >= 0.3 is 12.1 Å². The highest BCUT2D eigenvalue weighted by Crippen LogP contribution is 2.31. The van der Waals surface area contributed by atoms with Gasteiger partial charge in [-0.15, -0.1) is 0 Å². The molecule has 170 valence electrons. The van der Waals surface area contributed by atoms with Crippen LogP contribution in [0.15, 0.2) is 47.0 Å². The molecule has 4 rings (SSSR count). The first-order valence-corrected chi connectivity index (χ1v) is 9.76. The number of benzene rings is 2. The Hall–Kier alpha value is -4.02. The van der Waals surface area contributed by atoms with E-state index in [0.29, 0.717) is 5.56 Å². The van der Waals surface area contributed by atoms with Gasteiger partial charge in [0.05, 0.1) is 23.1 Å². The summed E-state index contributed by atoms with van der Waals surface area (Å²) in [5.74, 6) is -1.89. The zero-order chi connectivity index (χ0) is 23.8. The third kappa shape index (κ3) is 4.61. The first-order valence-electron chi connectivity index (χ1n) is 9.76. The van der Waals surface area contributed by atoms with Crippen LogP contribution < -0.4 is 0 Å². The maximum absolute atomic E-state index is 12.9. The maximum atomic E-state index is 12.9. The lowest BCUT2D eigenvalue weighted by Crippen LogP contribution is -2.32. The third-order valence-corrected chi connectivity index (χ3v) is 4.94. The lowest BCUT2D eigenvalue weighted by molar-refractivity contribution is -0.145. The molecule has 1 aliphatic rings. The largest absolute Gasteiger partial charge is 0.456 e. The standard InChI is InChI=1S/C22H16F3N3O5/c1-12-5-6-15-16(9-12)21(31)28(20(15)30)8-7-18(29)32-11-17-26-19(27-33-17)13-3-2-4-14(10-13)22(23,24)25/h2-6,9-10H,7-8,11H2,1H3. The average molecular weight is 459 g/mol. The van der Waals surface area contributed by atoms with Crippen LogP contribution in [-0.2, 0) is 22.3 Å². The van der Waals surface area contributed by atoms with Crippen molar-refractivity contribution in [1.29, 1.82) is 0 Å². The molecule has 0 fully saturated rings. The summed E-state index contributed by atoms with van der Waals surface area (Å²) >= 11 is 0. The van der Waals surface area contributed by atoms with Crippen molar-refractivity contribution in [1.82, 2.24) is 15.0 Å². The van der Waals surface area contributed by atoms with Crippen molar-refractivity contribution in [3.05, 3.63) is 70.6 Å². The normalized spacial score (nSPS) is 13.4. The van der Waals surface area contributed by atoms with Crippen LogP contribution in [0.2, 0.25) is 0 Å². The fraction of sp³-hybridized carbons (Fsp3) is 0.227. The van der Waals surface area contributed by atoms with E-state index in [0.717, 1.165) is 22.6 Å². The number of hydrogen-bond donors (Lipinski definition) is 0. The number of carbonyl (C=O) groups excluding carboxylic acids is 3. The van der Waals surface area contributed by atoms with Crippen molar-refractivity contribution < 1.29 is 36.8 Å². The SMILES string of the molecule is Cc1ccc2c(c1)C(=O)N(CCC(=O)OCc1nc(-c3cccc(C(F)(F)F)c3)no1)C2=O. The predicted octanol–water partition coefficient (Wildman–Crippen LogP) is 3.79. The number of esters is 1. The quantitative estimate of drug-likeness (QED) is 0.408. The van der Waals surface area contributed by atoms with Crippen molar-refractivity contribution in [3.63, 3.8) is 0 Å². The van der Waals surface area contributed by atoms with Crippen molar-refractivity contribution in [2.24, 2.45) is 0 Å². The van der Waals surface area contributed by atoms with E-state index in [4.69, 9.17) is 9.26 Å². The minimum atomic E-state index is -4.52. The minimum Gasteiger partial charge on any atom is -0.456 e. The number of imide groups is 1. The van der Waals surface area contributed by atoms with Crippen molar-refractivity contribution in [2.45, 2.75) is 26.1 Å². The van der Waals surface area contributed by atoms with Crippen LogP contribution in [0, 0.1) is 6.92 Å². The van der Waals surface area contributed by atoms with E-state index in [-0.39, 0.29) is 35.8 Å². The van der Waals surface area contributed by atoms with Crippen LogP contribution in [0.25, 0.3) is 11.4 Å². The monoisotopic (exact) mass is 459 g/mol. The molecule has 8 nitrogen and oxygen atoms in total. The fourth-order valence-electron chi connectivity index (χ4n) is 3.29. The van der Waals surface area contributed by atoms with E-state index < -0.39 is 36.1 Å². The Morgan fingerprint density at radius 2 is 1.85 bits per heavy atom. The number of ether oxygens (including phenoxy) is 1. The van der Waals surface area contributed by atoms with Crippen LogP contribution in [0.4, 0.5) is 13.2 Å². The summed E-state index contributed by atoms with van der Waals surface area (Å²) in [7, 11) is 0. The van der Waals surface area contributed by atoms with Gasteiger partial charge in [-0.1, -0.05) is 28.9 Å². The number of nitrogens with zero attached hydrogens (tertiary/aromatic N) is 3. The second kappa shape index (κ2) is 8.49. The summed E-state index contributed by atoms with van der Waals surface area (Å²) in [6.45, 7) is 1.23. The van der Waals surface area contributed by atoms with Gasteiger partial charge in [0.15, 0.2) is 6.61 Å². The Kier molecular flexibility index (Phi) is 5.71. The second-order valence-electron chi connectivity index (χ2n) is 7.31. The molecular weight excluding hydrogens is 443 g/mol. The van der Waals surface area contributed by atoms with Crippen LogP contribution in [-0.4, -0.2) is 39.4 Å². The van der Waals surface area contributed by atoms with Gasteiger partial charge in [-0.25, -0.2) is 0 Å². The van der Waals surface area contributed by atoms with Crippen LogP contribution in [0.3, 0.4) is 0 Å². The summed E-state index contributed by atoms with van der Waals surface area (Å²) < 4.78 is 48.5. The zero-order valence-electron chi connectivity index (χ0n) is 17.2. The number of aryl methyl sites for hydroxylation is 1. The van der Waals surface area contributed by atoms with Crippen LogP contribution in [0.5, 0.6) is 0 Å². The molecule has 0 N–H and O–H groups in total. The van der Waals surface area contributed by atoms with E-state index >= 15 is 0 Å². The highest BCUT2D eigenvalue weighted by Gasteiger charge is 2.35. The molecule has 3 aromatic rings. The van der Waals surface area contributed by atoms with Crippen LogP contribution >= 0.6 is 0 Å². The summed E-state index contributed by atoms with van der Waals surface area (Å²) in [4.78, 5) is 41.8. The molecule has 0 unspecified atom stereocenters. The molecule has 0 radical (unpaired) electrons. The minimum absolute atomic E-state index is 0.0894. The van der Waals surface area contributed by atoms with E-state index in [9.17, 15) is 27.6 Å². The molecule has 2 amide bonds.